The van der Waals surface area contributed by atoms with Gasteiger partial charge in [-0.1, -0.05) is 30.3 Å². The number of imide groups is 1. The number of anilines is 1. The molecule has 0 radical (unpaired) electrons. The first-order valence-electron chi connectivity index (χ1n) is 9.75. The minimum Gasteiger partial charge on any atom is -0.318 e. The zero-order chi connectivity index (χ0) is 22.4. The van der Waals surface area contributed by atoms with Crippen LogP contribution in [0.5, 0.6) is 0 Å². The van der Waals surface area contributed by atoms with Crippen LogP contribution in [0, 0.1) is 0 Å². The molecule has 1 fully saturated rings. The van der Waals surface area contributed by atoms with E-state index < -0.39 is 33.4 Å². The summed E-state index contributed by atoms with van der Waals surface area (Å²) in [5.41, 5.74) is 3.15. The van der Waals surface area contributed by atoms with E-state index in [1.165, 1.54) is 10.4 Å². The molecule has 1 unspecified atom stereocenters. The number of aryl methyl sites for hydroxylation is 1. The summed E-state index contributed by atoms with van der Waals surface area (Å²) in [4.78, 5) is 38.2. The monoisotopic (exact) mass is 442 g/mol. The number of nitrogens with zero attached hydrogens (tertiary/aromatic N) is 2. The predicted octanol–water partition coefficient (Wildman–Crippen LogP) is 1.51. The zero-order valence-corrected chi connectivity index (χ0v) is 17.9. The molecule has 162 valence electrons. The fourth-order valence-corrected chi connectivity index (χ4v) is 4.92. The zero-order valence-electron chi connectivity index (χ0n) is 17.1. The Morgan fingerprint density at radius 1 is 1.13 bits per heavy atom. The molecule has 0 saturated carbocycles. The molecule has 0 bridgehead atoms. The van der Waals surface area contributed by atoms with E-state index in [1.54, 1.807) is 49.4 Å². The van der Waals surface area contributed by atoms with Gasteiger partial charge in [0.2, 0.25) is 10.0 Å². The van der Waals surface area contributed by atoms with E-state index in [4.69, 9.17) is 0 Å². The van der Waals surface area contributed by atoms with Crippen LogP contribution in [-0.4, -0.2) is 44.1 Å². The van der Waals surface area contributed by atoms with Crippen LogP contribution in [0.2, 0.25) is 0 Å². The molecular formula is C21H22N4O5S. The van der Waals surface area contributed by atoms with Crippen molar-refractivity contribution in [3.8, 4) is 0 Å². The van der Waals surface area contributed by atoms with Crippen LogP contribution in [0.25, 0.3) is 0 Å². The Kier molecular flexibility index (Phi) is 4.97. The first kappa shape index (κ1) is 20.9. The van der Waals surface area contributed by atoms with Gasteiger partial charge in [0.05, 0.1) is 11.9 Å². The van der Waals surface area contributed by atoms with Gasteiger partial charge in [0.25, 0.3) is 11.8 Å². The standard InChI is InChI=1S/C21H22N4O5S/c1-21(16-8-4-3-5-9-16)19(27)25(20(28)22-21)23-18(26)15-10-11-17-14(13-15)7-6-12-24(17)31(2,29)30/h3-5,8-11,13H,6-7,12H2,1-2H3,(H,22,28)(H,23,26). The van der Waals surface area contributed by atoms with E-state index in [0.717, 1.165) is 11.8 Å². The third kappa shape index (κ3) is 3.63. The maximum Gasteiger partial charge on any atom is 0.344 e. The van der Waals surface area contributed by atoms with Crippen molar-refractivity contribution in [1.29, 1.82) is 0 Å². The summed E-state index contributed by atoms with van der Waals surface area (Å²) >= 11 is 0. The number of nitrogens with one attached hydrogen (secondary N) is 2. The lowest BCUT2D eigenvalue weighted by molar-refractivity contribution is -0.132. The number of hydrogen-bond donors (Lipinski definition) is 2. The van der Waals surface area contributed by atoms with Gasteiger partial charge in [0.1, 0.15) is 5.54 Å². The highest BCUT2D eigenvalue weighted by molar-refractivity contribution is 7.92. The van der Waals surface area contributed by atoms with Crippen molar-refractivity contribution >= 4 is 33.6 Å². The number of carbonyl (C=O) groups is 3. The van der Waals surface area contributed by atoms with E-state index in [9.17, 15) is 22.8 Å². The van der Waals surface area contributed by atoms with Gasteiger partial charge in [-0.05, 0) is 49.1 Å². The van der Waals surface area contributed by atoms with Crippen LogP contribution in [0.4, 0.5) is 10.5 Å². The van der Waals surface area contributed by atoms with Gasteiger partial charge in [-0.2, -0.15) is 5.01 Å². The Bertz CT molecular complexity index is 1180. The molecule has 31 heavy (non-hydrogen) atoms. The van der Waals surface area contributed by atoms with Crippen molar-refractivity contribution in [1.82, 2.24) is 15.8 Å². The number of amides is 4. The van der Waals surface area contributed by atoms with E-state index in [2.05, 4.69) is 10.7 Å². The van der Waals surface area contributed by atoms with Gasteiger partial charge in [-0.25, -0.2) is 13.2 Å². The second kappa shape index (κ2) is 7.38. The van der Waals surface area contributed by atoms with Gasteiger partial charge in [0, 0.05) is 12.1 Å². The Balaban J connectivity index is 1.56. The quantitative estimate of drug-likeness (QED) is 0.697. The maximum atomic E-state index is 12.9. The first-order valence-corrected chi connectivity index (χ1v) is 11.6. The highest BCUT2D eigenvalue weighted by Crippen LogP contribution is 2.31. The lowest BCUT2D eigenvalue weighted by atomic mass is 9.92. The largest absolute Gasteiger partial charge is 0.344 e. The van der Waals surface area contributed by atoms with Crippen LogP contribution in [-0.2, 0) is 26.8 Å². The van der Waals surface area contributed by atoms with E-state index in [1.807, 2.05) is 0 Å². The minimum absolute atomic E-state index is 0.225. The van der Waals surface area contributed by atoms with Crippen LogP contribution in [0.1, 0.15) is 34.8 Å². The molecule has 0 aromatic heterocycles. The Hall–Kier alpha value is -3.40. The number of benzene rings is 2. The molecule has 9 nitrogen and oxygen atoms in total. The number of urea groups is 1. The van der Waals surface area contributed by atoms with Crippen LogP contribution < -0.4 is 15.0 Å². The summed E-state index contributed by atoms with van der Waals surface area (Å²) in [6.07, 6.45) is 2.40. The van der Waals surface area contributed by atoms with Crippen LogP contribution >= 0.6 is 0 Å². The van der Waals surface area contributed by atoms with E-state index in [0.29, 0.717) is 35.6 Å². The molecule has 4 rings (SSSR count). The highest BCUT2D eigenvalue weighted by atomic mass is 32.2. The average molecular weight is 442 g/mol. The van der Waals surface area contributed by atoms with Gasteiger partial charge in [-0.15, -0.1) is 0 Å². The van der Waals surface area contributed by atoms with Crippen molar-refractivity contribution in [2.75, 3.05) is 17.1 Å². The molecule has 2 aromatic rings. The minimum atomic E-state index is -3.42. The second-order valence-electron chi connectivity index (χ2n) is 7.78. The van der Waals surface area contributed by atoms with Gasteiger partial charge >= 0.3 is 6.03 Å². The van der Waals surface area contributed by atoms with Crippen molar-refractivity contribution in [2.45, 2.75) is 25.3 Å². The number of hydrazine groups is 1. The number of sulfonamides is 1. The molecule has 0 spiro atoms. The Labute approximate surface area is 180 Å². The fourth-order valence-electron chi connectivity index (χ4n) is 3.92. The normalized spacial score (nSPS) is 21.0. The lowest BCUT2D eigenvalue weighted by Crippen LogP contribution is -2.48. The molecule has 2 aromatic carbocycles. The molecule has 2 aliphatic heterocycles. The summed E-state index contributed by atoms with van der Waals surface area (Å²) in [7, 11) is -3.42. The number of rotatable bonds is 4. The predicted molar refractivity (Wildman–Crippen MR) is 114 cm³/mol. The molecule has 1 atom stereocenters. The summed E-state index contributed by atoms with van der Waals surface area (Å²) in [5.74, 6) is -1.24. The van der Waals surface area contributed by atoms with Gasteiger partial charge < -0.3 is 5.32 Å². The van der Waals surface area contributed by atoms with Crippen molar-refractivity contribution in [3.63, 3.8) is 0 Å². The third-order valence-electron chi connectivity index (χ3n) is 5.57. The first-order chi connectivity index (χ1) is 14.6. The number of hydrogen-bond acceptors (Lipinski definition) is 5. The van der Waals surface area contributed by atoms with Crippen molar-refractivity contribution in [2.24, 2.45) is 0 Å². The van der Waals surface area contributed by atoms with E-state index in [-0.39, 0.29) is 5.56 Å². The Morgan fingerprint density at radius 2 is 1.84 bits per heavy atom. The summed E-state index contributed by atoms with van der Waals surface area (Å²) < 4.78 is 25.3. The summed E-state index contributed by atoms with van der Waals surface area (Å²) in [6, 6.07) is 12.7. The van der Waals surface area contributed by atoms with Gasteiger partial charge in [0.15, 0.2) is 0 Å². The SMILES string of the molecule is CC1(c2ccccc2)NC(=O)N(NC(=O)c2ccc3c(c2)CCCN3S(C)(=O)=O)C1=O. The Morgan fingerprint density at radius 3 is 2.52 bits per heavy atom. The fraction of sp³-hybridized carbons (Fsp3) is 0.286. The van der Waals surface area contributed by atoms with Gasteiger partial charge in [-0.3, -0.25) is 19.3 Å². The van der Waals surface area contributed by atoms with Crippen LogP contribution in [0.15, 0.2) is 48.5 Å². The smallest absolute Gasteiger partial charge is 0.318 e. The van der Waals surface area contributed by atoms with Crippen LogP contribution in [0.3, 0.4) is 0 Å². The second-order valence-corrected chi connectivity index (χ2v) is 9.69. The van der Waals surface area contributed by atoms with Crippen molar-refractivity contribution in [3.05, 3.63) is 65.2 Å². The molecule has 4 amide bonds. The molecule has 10 heteroatoms. The molecule has 2 N–H and O–H groups in total. The summed E-state index contributed by atoms with van der Waals surface area (Å²) in [6.45, 7) is 1.96. The molecule has 2 heterocycles. The lowest BCUT2D eigenvalue weighted by Gasteiger charge is -2.29. The maximum absolute atomic E-state index is 12.9. The number of fused-ring (bicyclic) bond motifs is 1. The van der Waals surface area contributed by atoms with Crippen molar-refractivity contribution < 1.29 is 22.8 Å². The third-order valence-corrected chi connectivity index (χ3v) is 6.75. The number of carbonyl (C=O) groups excluding carboxylic acids is 3. The molecule has 2 aliphatic rings. The molecular weight excluding hydrogens is 420 g/mol. The topological polar surface area (TPSA) is 116 Å². The van der Waals surface area contributed by atoms with E-state index >= 15 is 0 Å². The summed E-state index contributed by atoms with van der Waals surface area (Å²) in [5, 5.41) is 3.30. The molecule has 1 saturated heterocycles. The average Bonchev–Trinajstić information content (AvgIpc) is 2.96. The highest BCUT2D eigenvalue weighted by Gasteiger charge is 2.50. The molecule has 0 aliphatic carbocycles.